The number of hydrogen-bond donors (Lipinski definition) is 1. The fraction of sp³-hybridized carbons (Fsp3) is 0.312. The molecule has 0 saturated carbocycles. The molecule has 0 spiro atoms. The van der Waals surface area contributed by atoms with E-state index in [0.717, 1.165) is 12.1 Å². The Bertz CT molecular complexity index is 531. The molecule has 0 radical (unpaired) electrons. The molecule has 0 bridgehead atoms. The summed E-state index contributed by atoms with van der Waals surface area (Å²) in [5.74, 6) is 0.551. The van der Waals surface area contributed by atoms with Gasteiger partial charge in [-0.2, -0.15) is 11.3 Å². The Balaban J connectivity index is 1.89. The summed E-state index contributed by atoms with van der Waals surface area (Å²) in [7, 11) is 0. The second-order valence-corrected chi connectivity index (χ2v) is 5.74. The smallest absolute Gasteiger partial charge is 0.224 e. The van der Waals surface area contributed by atoms with Gasteiger partial charge in [0, 0.05) is 12.1 Å². The van der Waals surface area contributed by atoms with Crippen LogP contribution in [0, 0.1) is 0 Å². The van der Waals surface area contributed by atoms with Crippen molar-refractivity contribution in [1.82, 2.24) is 0 Å². The van der Waals surface area contributed by atoms with Gasteiger partial charge in [-0.05, 0) is 52.4 Å². The molecule has 0 saturated heterocycles. The fourth-order valence-electron chi connectivity index (χ4n) is 1.89. The van der Waals surface area contributed by atoms with E-state index in [2.05, 4.69) is 36.7 Å². The molecule has 3 heteroatoms. The Labute approximate surface area is 118 Å². The Kier molecular flexibility index (Phi) is 4.74. The first-order chi connectivity index (χ1) is 9.15. The standard InChI is InChI=1S/C16H19NOS/c1-12(2)14-4-3-5-15(10-14)17-16(18)7-6-13-8-9-19-11-13/h3-5,8-12H,6-7H2,1-2H3,(H,17,18). The van der Waals surface area contributed by atoms with Crippen LogP contribution >= 0.6 is 11.3 Å². The number of amides is 1. The largest absolute Gasteiger partial charge is 0.326 e. The number of benzene rings is 1. The lowest BCUT2D eigenvalue weighted by atomic mass is 10.0. The second kappa shape index (κ2) is 6.53. The minimum Gasteiger partial charge on any atom is -0.326 e. The highest BCUT2D eigenvalue weighted by Crippen LogP contribution is 2.18. The number of thiophene rings is 1. The minimum atomic E-state index is 0.0760. The van der Waals surface area contributed by atoms with Crippen LogP contribution in [0.4, 0.5) is 5.69 Å². The fourth-order valence-corrected chi connectivity index (χ4v) is 2.59. The molecule has 0 aliphatic carbocycles. The zero-order chi connectivity index (χ0) is 13.7. The molecule has 1 amide bonds. The van der Waals surface area contributed by atoms with Crippen LogP contribution in [0.25, 0.3) is 0 Å². The van der Waals surface area contributed by atoms with Gasteiger partial charge in [-0.3, -0.25) is 4.79 Å². The molecule has 1 heterocycles. The van der Waals surface area contributed by atoms with E-state index >= 15 is 0 Å². The Morgan fingerprint density at radius 3 is 2.84 bits per heavy atom. The molecule has 0 unspecified atom stereocenters. The molecule has 1 aromatic heterocycles. The van der Waals surface area contributed by atoms with E-state index in [1.807, 2.05) is 23.6 Å². The number of nitrogens with one attached hydrogen (secondary N) is 1. The third-order valence-electron chi connectivity index (χ3n) is 3.06. The van der Waals surface area contributed by atoms with Crippen LogP contribution in [0.3, 0.4) is 0 Å². The van der Waals surface area contributed by atoms with Gasteiger partial charge in [0.05, 0.1) is 0 Å². The second-order valence-electron chi connectivity index (χ2n) is 4.96. The van der Waals surface area contributed by atoms with Crippen LogP contribution in [0.2, 0.25) is 0 Å². The van der Waals surface area contributed by atoms with Gasteiger partial charge in [-0.15, -0.1) is 0 Å². The van der Waals surface area contributed by atoms with E-state index in [0.29, 0.717) is 12.3 Å². The van der Waals surface area contributed by atoms with Crippen molar-refractivity contribution < 1.29 is 4.79 Å². The molecule has 2 nitrogen and oxygen atoms in total. The Morgan fingerprint density at radius 1 is 1.32 bits per heavy atom. The predicted molar refractivity (Wildman–Crippen MR) is 81.8 cm³/mol. The monoisotopic (exact) mass is 273 g/mol. The molecule has 100 valence electrons. The van der Waals surface area contributed by atoms with Gasteiger partial charge >= 0.3 is 0 Å². The summed E-state index contributed by atoms with van der Waals surface area (Å²) in [5.41, 5.74) is 3.37. The zero-order valence-corrected chi connectivity index (χ0v) is 12.2. The molecule has 1 aromatic carbocycles. The normalized spacial score (nSPS) is 10.7. The van der Waals surface area contributed by atoms with Crippen LogP contribution in [-0.2, 0) is 11.2 Å². The maximum absolute atomic E-state index is 11.9. The van der Waals surface area contributed by atoms with E-state index < -0.39 is 0 Å². The van der Waals surface area contributed by atoms with E-state index in [-0.39, 0.29) is 5.91 Å². The maximum Gasteiger partial charge on any atom is 0.224 e. The number of anilines is 1. The highest BCUT2D eigenvalue weighted by molar-refractivity contribution is 7.07. The van der Waals surface area contributed by atoms with Crippen molar-refractivity contribution in [3.8, 4) is 0 Å². The lowest BCUT2D eigenvalue weighted by Gasteiger charge is -2.09. The van der Waals surface area contributed by atoms with Gasteiger partial charge in [0.2, 0.25) is 5.91 Å². The SMILES string of the molecule is CC(C)c1cccc(NC(=O)CCc2ccsc2)c1. The van der Waals surface area contributed by atoms with E-state index in [1.54, 1.807) is 11.3 Å². The average Bonchev–Trinajstić information content (AvgIpc) is 2.90. The summed E-state index contributed by atoms with van der Waals surface area (Å²) in [6, 6.07) is 10.1. The average molecular weight is 273 g/mol. The molecule has 2 aromatic rings. The van der Waals surface area contributed by atoms with Gasteiger partial charge in [-0.25, -0.2) is 0 Å². The third-order valence-corrected chi connectivity index (χ3v) is 3.79. The van der Waals surface area contributed by atoms with Crippen molar-refractivity contribution in [2.45, 2.75) is 32.6 Å². The predicted octanol–water partition coefficient (Wildman–Crippen LogP) is 4.44. The summed E-state index contributed by atoms with van der Waals surface area (Å²) in [5, 5.41) is 7.10. The summed E-state index contributed by atoms with van der Waals surface area (Å²) < 4.78 is 0. The van der Waals surface area contributed by atoms with Crippen LogP contribution < -0.4 is 5.32 Å². The molecule has 2 rings (SSSR count). The topological polar surface area (TPSA) is 29.1 Å². The van der Waals surface area contributed by atoms with Gasteiger partial charge in [-0.1, -0.05) is 26.0 Å². The van der Waals surface area contributed by atoms with Gasteiger partial charge < -0.3 is 5.32 Å². The lowest BCUT2D eigenvalue weighted by molar-refractivity contribution is -0.116. The number of carbonyl (C=O) groups excluding carboxylic acids is 1. The number of rotatable bonds is 5. The maximum atomic E-state index is 11.9. The van der Waals surface area contributed by atoms with Crippen LogP contribution in [0.5, 0.6) is 0 Å². The molecular weight excluding hydrogens is 254 g/mol. The van der Waals surface area contributed by atoms with E-state index in [1.165, 1.54) is 11.1 Å². The molecule has 0 aliphatic rings. The van der Waals surface area contributed by atoms with Crippen molar-refractivity contribution in [1.29, 1.82) is 0 Å². The highest BCUT2D eigenvalue weighted by atomic mass is 32.1. The first kappa shape index (κ1) is 13.8. The van der Waals surface area contributed by atoms with Crippen molar-refractivity contribution in [3.63, 3.8) is 0 Å². The van der Waals surface area contributed by atoms with Crippen molar-refractivity contribution in [2.24, 2.45) is 0 Å². The Morgan fingerprint density at radius 2 is 2.16 bits per heavy atom. The first-order valence-corrected chi connectivity index (χ1v) is 7.50. The van der Waals surface area contributed by atoms with Gasteiger partial charge in [0.25, 0.3) is 0 Å². The zero-order valence-electron chi connectivity index (χ0n) is 11.3. The summed E-state index contributed by atoms with van der Waals surface area (Å²) in [6.45, 7) is 4.30. The quantitative estimate of drug-likeness (QED) is 0.857. The van der Waals surface area contributed by atoms with Crippen molar-refractivity contribution in [3.05, 3.63) is 52.2 Å². The highest BCUT2D eigenvalue weighted by Gasteiger charge is 2.05. The summed E-state index contributed by atoms with van der Waals surface area (Å²) >= 11 is 1.67. The molecule has 0 fully saturated rings. The van der Waals surface area contributed by atoms with Crippen molar-refractivity contribution >= 4 is 22.9 Å². The van der Waals surface area contributed by atoms with E-state index in [4.69, 9.17) is 0 Å². The summed E-state index contributed by atoms with van der Waals surface area (Å²) in [6.07, 6.45) is 1.34. The molecule has 19 heavy (non-hydrogen) atoms. The molecule has 1 N–H and O–H groups in total. The molecular formula is C16H19NOS. The van der Waals surface area contributed by atoms with Gasteiger partial charge in [0.1, 0.15) is 0 Å². The molecule has 0 aliphatic heterocycles. The minimum absolute atomic E-state index is 0.0760. The molecule has 0 atom stereocenters. The van der Waals surface area contributed by atoms with Crippen LogP contribution in [0.1, 0.15) is 37.3 Å². The lowest BCUT2D eigenvalue weighted by Crippen LogP contribution is -2.12. The van der Waals surface area contributed by atoms with Crippen molar-refractivity contribution in [2.75, 3.05) is 5.32 Å². The number of hydrogen-bond acceptors (Lipinski definition) is 2. The number of carbonyl (C=O) groups is 1. The Hall–Kier alpha value is -1.61. The van der Waals surface area contributed by atoms with Gasteiger partial charge in [0.15, 0.2) is 0 Å². The number of aryl methyl sites for hydroxylation is 1. The third kappa shape index (κ3) is 4.21. The van der Waals surface area contributed by atoms with Crippen LogP contribution in [-0.4, -0.2) is 5.91 Å². The van der Waals surface area contributed by atoms with Crippen LogP contribution in [0.15, 0.2) is 41.1 Å². The summed E-state index contributed by atoms with van der Waals surface area (Å²) in [4.78, 5) is 11.9. The first-order valence-electron chi connectivity index (χ1n) is 6.56. The van der Waals surface area contributed by atoms with E-state index in [9.17, 15) is 4.79 Å².